The van der Waals surface area contributed by atoms with Crippen LogP contribution in [0.5, 0.6) is 11.5 Å². The lowest BCUT2D eigenvalue weighted by atomic mass is 10.1. The van der Waals surface area contributed by atoms with Crippen LogP contribution in [0.1, 0.15) is 29.2 Å². The van der Waals surface area contributed by atoms with E-state index in [0.29, 0.717) is 41.6 Å². The van der Waals surface area contributed by atoms with Crippen molar-refractivity contribution in [2.45, 2.75) is 33.6 Å². The van der Waals surface area contributed by atoms with Gasteiger partial charge in [-0.15, -0.1) is 0 Å². The van der Waals surface area contributed by atoms with Gasteiger partial charge in [-0.05, 0) is 44.9 Å². The Morgan fingerprint density at radius 1 is 1.15 bits per heavy atom. The van der Waals surface area contributed by atoms with Crippen LogP contribution in [0.15, 0.2) is 18.2 Å². The Morgan fingerprint density at radius 3 is 2.63 bits per heavy atom. The summed E-state index contributed by atoms with van der Waals surface area (Å²) in [6.07, 6.45) is 0.862. The van der Waals surface area contributed by atoms with Gasteiger partial charge in [-0.1, -0.05) is 0 Å². The van der Waals surface area contributed by atoms with E-state index in [-0.39, 0.29) is 5.91 Å². The SMILES string of the molecule is COc1ccc(OC)c(NC(=O)CCc2c(C)nc3nc(C)nn3c2C)c1. The van der Waals surface area contributed by atoms with E-state index >= 15 is 0 Å². The molecule has 27 heavy (non-hydrogen) atoms. The Bertz CT molecular complexity index is 997. The maximum absolute atomic E-state index is 12.5. The van der Waals surface area contributed by atoms with Crippen LogP contribution in [0, 0.1) is 20.8 Å². The molecule has 142 valence electrons. The summed E-state index contributed by atoms with van der Waals surface area (Å²) >= 11 is 0. The molecular weight excluding hydrogens is 346 g/mol. The Kier molecular flexibility index (Phi) is 5.25. The quantitative estimate of drug-likeness (QED) is 0.718. The second kappa shape index (κ2) is 7.61. The number of nitrogens with one attached hydrogen (secondary N) is 1. The molecule has 3 aromatic rings. The summed E-state index contributed by atoms with van der Waals surface area (Å²) in [4.78, 5) is 21.3. The highest BCUT2D eigenvalue weighted by Crippen LogP contribution is 2.29. The van der Waals surface area contributed by atoms with Crippen molar-refractivity contribution in [2.24, 2.45) is 0 Å². The molecule has 2 aromatic heterocycles. The normalized spacial score (nSPS) is 10.9. The highest BCUT2D eigenvalue weighted by molar-refractivity contribution is 5.92. The molecule has 8 heteroatoms. The summed E-state index contributed by atoms with van der Waals surface area (Å²) in [5.74, 6) is 2.36. The van der Waals surface area contributed by atoms with Crippen molar-refractivity contribution in [2.75, 3.05) is 19.5 Å². The van der Waals surface area contributed by atoms with Gasteiger partial charge in [-0.3, -0.25) is 4.79 Å². The molecule has 0 fully saturated rings. The second-order valence-corrected chi connectivity index (χ2v) is 6.25. The average Bonchev–Trinajstić information content (AvgIpc) is 3.01. The summed E-state index contributed by atoms with van der Waals surface area (Å²) in [5, 5.41) is 7.25. The van der Waals surface area contributed by atoms with Crippen LogP contribution in [0.25, 0.3) is 5.78 Å². The Labute approximate surface area is 157 Å². The molecule has 0 aliphatic rings. The van der Waals surface area contributed by atoms with Gasteiger partial charge in [-0.25, -0.2) is 9.50 Å². The molecule has 0 aliphatic carbocycles. The highest BCUT2D eigenvalue weighted by atomic mass is 16.5. The largest absolute Gasteiger partial charge is 0.497 e. The number of aryl methyl sites for hydroxylation is 3. The van der Waals surface area contributed by atoms with Crippen molar-refractivity contribution in [1.29, 1.82) is 0 Å². The molecule has 1 aromatic carbocycles. The average molecular weight is 369 g/mol. The third-order valence-corrected chi connectivity index (χ3v) is 4.44. The molecule has 0 bridgehead atoms. The lowest BCUT2D eigenvalue weighted by Crippen LogP contribution is -2.15. The third kappa shape index (κ3) is 3.84. The van der Waals surface area contributed by atoms with Crippen molar-refractivity contribution in [1.82, 2.24) is 19.6 Å². The summed E-state index contributed by atoms with van der Waals surface area (Å²) in [6, 6.07) is 5.27. The van der Waals surface area contributed by atoms with Crippen LogP contribution < -0.4 is 14.8 Å². The van der Waals surface area contributed by atoms with Gasteiger partial charge in [0.25, 0.3) is 5.78 Å². The summed E-state index contributed by atoms with van der Waals surface area (Å²) in [7, 11) is 3.14. The molecule has 8 nitrogen and oxygen atoms in total. The number of nitrogens with zero attached hydrogens (tertiary/aromatic N) is 4. The van der Waals surface area contributed by atoms with Crippen molar-refractivity contribution in [3.63, 3.8) is 0 Å². The first-order valence-corrected chi connectivity index (χ1v) is 8.64. The molecule has 0 unspecified atom stereocenters. The maximum Gasteiger partial charge on any atom is 0.252 e. The zero-order valence-corrected chi connectivity index (χ0v) is 16.2. The van der Waals surface area contributed by atoms with E-state index in [9.17, 15) is 4.79 Å². The van der Waals surface area contributed by atoms with Gasteiger partial charge in [0.1, 0.15) is 17.3 Å². The standard InChI is InChI=1S/C19H23N5O3/c1-11-15(12(2)24-19(20-11)21-13(3)23-24)7-9-18(25)22-16-10-14(26-4)6-8-17(16)27-5/h6,8,10H,7,9H2,1-5H3,(H,22,25). The fourth-order valence-corrected chi connectivity index (χ4v) is 3.03. The lowest BCUT2D eigenvalue weighted by molar-refractivity contribution is -0.116. The smallest absolute Gasteiger partial charge is 0.252 e. The second-order valence-electron chi connectivity index (χ2n) is 6.25. The van der Waals surface area contributed by atoms with Crippen molar-refractivity contribution >= 4 is 17.4 Å². The molecule has 0 radical (unpaired) electrons. The minimum atomic E-state index is -0.116. The Morgan fingerprint density at radius 2 is 1.93 bits per heavy atom. The maximum atomic E-state index is 12.5. The van der Waals surface area contributed by atoms with Crippen LogP contribution in [-0.2, 0) is 11.2 Å². The van der Waals surface area contributed by atoms with Gasteiger partial charge in [0.2, 0.25) is 5.91 Å². The van der Waals surface area contributed by atoms with Crippen LogP contribution >= 0.6 is 0 Å². The van der Waals surface area contributed by atoms with E-state index in [0.717, 1.165) is 17.0 Å². The number of hydrogen-bond donors (Lipinski definition) is 1. The van der Waals surface area contributed by atoms with Gasteiger partial charge < -0.3 is 14.8 Å². The molecule has 0 saturated carbocycles. The summed E-state index contributed by atoms with van der Waals surface area (Å²) in [5.41, 5.74) is 3.39. The number of carbonyl (C=O) groups is 1. The number of hydrogen-bond acceptors (Lipinski definition) is 6. The number of methoxy groups -OCH3 is 2. The van der Waals surface area contributed by atoms with Crippen molar-refractivity contribution in [3.8, 4) is 11.5 Å². The zero-order chi connectivity index (χ0) is 19.6. The number of anilines is 1. The third-order valence-electron chi connectivity index (χ3n) is 4.44. The monoisotopic (exact) mass is 369 g/mol. The molecule has 0 saturated heterocycles. The molecule has 0 spiro atoms. The molecule has 0 atom stereocenters. The summed E-state index contributed by atoms with van der Waals surface area (Å²) < 4.78 is 12.2. The van der Waals surface area contributed by atoms with Crippen LogP contribution in [0.4, 0.5) is 5.69 Å². The summed E-state index contributed by atoms with van der Waals surface area (Å²) in [6.45, 7) is 5.72. The zero-order valence-electron chi connectivity index (χ0n) is 16.2. The topological polar surface area (TPSA) is 90.6 Å². The molecule has 1 N–H and O–H groups in total. The predicted molar refractivity (Wildman–Crippen MR) is 101 cm³/mol. The molecule has 3 rings (SSSR count). The van der Waals surface area contributed by atoms with E-state index in [1.165, 1.54) is 0 Å². The van der Waals surface area contributed by atoms with E-state index in [2.05, 4.69) is 20.4 Å². The molecule has 2 heterocycles. The number of aromatic nitrogens is 4. The fraction of sp³-hybridized carbons (Fsp3) is 0.368. The minimum absolute atomic E-state index is 0.116. The van der Waals surface area contributed by atoms with E-state index in [1.807, 2.05) is 20.8 Å². The van der Waals surface area contributed by atoms with E-state index in [1.54, 1.807) is 36.9 Å². The first-order chi connectivity index (χ1) is 12.9. The number of fused-ring (bicyclic) bond motifs is 1. The van der Waals surface area contributed by atoms with Gasteiger partial charge in [0, 0.05) is 23.9 Å². The first-order valence-electron chi connectivity index (χ1n) is 8.64. The Hall–Kier alpha value is -3.16. The number of carbonyl (C=O) groups excluding carboxylic acids is 1. The van der Waals surface area contributed by atoms with Gasteiger partial charge >= 0.3 is 0 Å². The first kappa shape index (κ1) is 18.6. The predicted octanol–water partition coefficient (Wildman–Crippen LogP) is 2.64. The highest BCUT2D eigenvalue weighted by Gasteiger charge is 2.15. The number of rotatable bonds is 6. The van der Waals surface area contributed by atoms with Gasteiger partial charge in [-0.2, -0.15) is 10.1 Å². The fourth-order valence-electron chi connectivity index (χ4n) is 3.03. The van der Waals surface area contributed by atoms with Crippen LogP contribution in [0.2, 0.25) is 0 Å². The molecular formula is C19H23N5O3. The minimum Gasteiger partial charge on any atom is -0.497 e. The van der Waals surface area contributed by atoms with E-state index in [4.69, 9.17) is 9.47 Å². The van der Waals surface area contributed by atoms with Gasteiger partial charge in [0.05, 0.1) is 19.9 Å². The number of amides is 1. The van der Waals surface area contributed by atoms with E-state index < -0.39 is 0 Å². The molecule has 1 amide bonds. The lowest BCUT2D eigenvalue weighted by Gasteiger charge is -2.13. The van der Waals surface area contributed by atoms with Crippen LogP contribution in [-0.4, -0.2) is 39.7 Å². The number of ether oxygens (including phenoxy) is 2. The molecule has 0 aliphatic heterocycles. The van der Waals surface area contributed by atoms with Gasteiger partial charge in [0.15, 0.2) is 0 Å². The Balaban J connectivity index is 1.76. The number of benzene rings is 1. The van der Waals surface area contributed by atoms with Crippen molar-refractivity contribution < 1.29 is 14.3 Å². The van der Waals surface area contributed by atoms with Crippen molar-refractivity contribution in [3.05, 3.63) is 41.0 Å². The van der Waals surface area contributed by atoms with Crippen LogP contribution in [0.3, 0.4) is 0 Å².